The van der Waals surface area contributed by atoms with Gasteiger partial charge in [-0.1, -0.05) is 12.1 Å². The number of aryl methyl sites for hydroxylation is 2. The summed E-state index contributed by atoms with van der Waals surface area (Å²) in [5.74, 6) is -0.577. The van der Waals surface area contributed by atoms with E-state index in [9.17, 15) is 14.4 Å². The fourth-order valence-electron chi connectivity index (χ4n) is 3.90. The maximum atomic E-state index is 12.4. The molecule has 25 heavy (non-hydrogen) atoms. The van der Waals surface area contributed by atoms with Gasteiger partial charge in [-0.05, 0) is 55.2 Å². The number of carbonyl (C=O) groups excluding carboxylic acids is 2. The van der Waals surface area contributed by atoms with E-state index >= 15 is 0 Å². The number of ketones is 1. The number of nitrogens with zero attached hydrogens (tertiary/aromatic N) is 1. The van der Waals surface area contributed by atoms with Crippen molar-refractivity contribution < 1.29 is 19.5 Å². The van der Waals surface area contributed by atoms with Crippen LogP contribution in [0.25, 0.3) is 0 Å². The first-order chi connectivity index (χ1) is 12.0. The van der Waals surface area contributed by atoms with Crippen molar-refractivity contribution in [1.29, 1.82) is 0 Å². The molecule has 1 aromatic rings. The Bertz CT molecular complexity index is 674. The number of Topliss-reactive ketones (excluding diaryl/α,β-unsaturated/α-hetero) is 1. The number of carbonyl (C=O) groups is 3. The van der Waals surface area contributed by atoms with Crippen LogP contribution >= 0.6 is 0 Å². The minimum absolute atomic E-state index is 0.00304. The molecule has 0 bridgehead atoms. The Hall–Kier alpha value is -2.17. The van der Waals surface area contributed by atoms with Crippen molar-refractivity contribution in [2.24, 2.45) is 5.92 Å². The zero-order chi connectivity index (χ0) is 17.8. The molecule has 1 aliphatic heterocycles. The van der Waals surface area contributed by atoms with Gasteiger partial charge in [-0.2, -0.15) is 0 Å². The van der Waals surface area contributed by atoms with E-state index in [0.29, 0.717) is 18.7 Å². The van der Waals surface area contributed by atoms with E-state index in [1.54, 1.807) is 4.90 Å². The van der Waals surface area contributed by atoms with Gasteiger partial charge in [0.1, 0.15) is 0 Å². The van der Waals surface area contributed by atoms with Gasteiger partial charge < -0.3 is 10.0 Å². The van der Waals surface area contributed by atoms with Gasteiger partial charge in [0.25, 0.3) is 0 Å². The first kappa shape index (κ1) is 17.6. The van der Waals surface area contributed by atoms with Crippen molar-refractivity contribution in [1.82, 2.24) is 4.90 Å². The minimum atomic E-state index is -0.773. The average molecular weight is 343 g/mol. The molecule has 0 aromatic heterocycles. The summed E-state index contributed by atoms with van der Waals surface area (Å²) in [4.78, 5) is 37.2. The van der Waals surface area contributed by atoms with Crippen LogP contribution in [0.4, 0.5) is 0 Å². The van der Waals surface area contributed by atoms with Gasteiger partial charge in [0.05, 0.1) is 0 Å². The van der Waals surface area contributed by atoms with Crippen molar-refractivity contribution in [3.05, 3.63) is 34.9 Å². The lowest BCUT2D eigenvalue weighted by Crippen LogP contribution is -2.39. The van der Waals surface area contributed by atoms with Crippen molar-refractivity contribution >= 4 is 17.7 Å². The molecule has 5 heteroatoms. The monoisotopic (exact) mass is 343 g/mol. The summed E-state index contributed by atoms with van der Waals surface area (Å²) in [5.41, 5.74) is 3.34. The fourth-order valence-corrected chi connectivity index (χ4v) is 3.90. The predicted molar refractivity (Wildman–Crippen MR) is 93.6 cm³/mol. The molecule has 1 heterocycles. The Morgan fingerprint density at radius 3 is 2.48 bits per heavy atom. The fraction of sp³-hybridized carbons (Fsp3) is 0.550. The van der Waals surface area contributed by atoms with Crippen molar-refractivity contribution in [2.45, 2.75) is 51.4 Å². The Kier molecular flexibility index (Phi) is 5.51. The maximum Gasteiger partial charge on any atom is 0.303 e. The third-order valence-electron chi connectivity index (χ3n) is 5.42. The molecule has 1 aliphatic carbocycles. The van der Waals surface area contributed by atoms with E-state index in [1.165, 1.54) is 11.1 Å². The molecule has 1 N–H and O–H groups in total. The molecule has 0 radical (unpaired) electrons. The lowest BCUT2D eigenvalue weighted by molar-refractivity contribution is -0.138. The Morgan fingerprint density at radius 1 is 1.04 bits per heavy atom. The SMILES string of the molecule is O=C(O)CC1CCN(C(=O)CCC(=O)c2ccc3c(c2)CCC3)CC1. The number of fused-ring (bicyclic) bond motifs is 1. The minimum Gasteiger partial charge on any atom is -0.481 e. The molecule has 1 aromatic carbocycles. The first-order valence-corrected chi connectivity index (χ1v) is 9.17. The number of rotatable bonds is 6. The van der Waals surface area contributed by atoms with Crippen molar-refractivity contribution in [3.8, 4) is 0 Å². The van der Waals surface area contributed by atoms with Crippen LogP contribution in [0.2, 0.25) is 0 Å². The zero-order valence-corrected chi connectivity index (χ0v) is 14.5. The Morgan fingerprint density at radius 2 is 1.76 bits per heavy atom. The number of likely N-dealkylation sites (tertiary alicyclic amines) is 1. The molecule has 1 amide bonds. The highest BCUT2D eigenvalue weighted by Crippen LogP contribution is 2.24. The van der Waals surface area contributed by atoms with Crippen molar-refractivity contribution in [2.75, 3.05) is 13.1 Å². The summed E-state index contributed by atoms with van der Waals surface area (Å²) in [6.07, 6.45) is 5.42. The number of carboxylic acids is 1. The van der Waals surface area contributed by atoms with Crippen LogP contribution in [0.3, 0.4) is 0 Å². The van der Waals surface area contributed by atoms with E-state index in [0.717, 1.165) is 32.1 Å². The molecule has 134 valence electrons. The van der Waals surface area contributed by atoms with Crippen molar-refractivity contribution in [3.63, 3.8) is 0 Å². The van der Waals surface area contributed by atoms with Gasteiger partial charge in [0.15, 0.2) is 5.78 Å². The summed E-state index contributed by atoms with van der Waals surface area (Å²) in [6.45, 7) is 1.20. The van der Waals surface area contributed by atoms with Crippen LogP contribution < -0.4 is 0 Å². The third-order valence-corrected chi connectivity index (χ3v) is 5.42. The number of hydrogen-bond donors (Lipinski definition) is 1. The highest BCUT2D eigenvalue weighted by atomic mass is 16.4. The Labute approximate surface area is 148 Å². The van der Waals surface area contributed by atoms with Gasteiger partial charge in [0, 0.05) is 37.9 Å². The summed E-state index contributed by atoms with van der Waals surface area (Å²) in [6, 6.07) is 5.92. The number of benzene rings is 1. The highest BCUT2D eigenvalue weighted by molar-refractivity contribution is 5.98. The molecule has 1 fully saturated rings. The van der Waals surface area contributed by atoms with E-state index in [1.807, 2.05) is 18.2 Å². The van der Waals surface area contributed by atoms with E-state index in [4.69, 9.17) is 5.11 Å². The number of carboxylic acid groups (broad SMARTS) is 1. The predicted octanol–water partition coefficient (Wildman–Crippen LogP) is 2.85. The second-order valence-corrected chi connectivity index (χ2v) is 7.18. The Balaban J connectivity index is 1.46. The van der Waals surface area contributed by atoms with E-state index in [-0.39, 0.29) is 36.9 Å². The topological polar surface area (TPSA) is 74.7 Å². The molecular formula is C20H25NO4. The van der Waals surface area contributed by atoms with E-state index in [2.05, 4.69) is 0 Å². The third kappa shape index (κ3) is 4.47. The maximum absolute atomic E-state index is 12.4. The number of hydrogen-bond acceptors (Lipinski definition) is 3. The van der Waals surface area contributed by atoms with Gasteiger partial charge in [-0.25, -0.2) is 0 Å². The van der Waals surface area contributed by atoms with Crippen LogP contribution in [0.15, 0.2) is 18.2 Å². The summed E-state index contributed by atoms with van der Waals surface area (Å²) in [7, 11) is 0. The summed E-state index contributed by atoms with van der Waals surface area (Å²) in [5, 5.41) is 8.83. The van der Waals surface area contributed by atoms with Crippen LogP contribution in [0, 0.1) is 5.92 Å². The normalized spacial score (nSPS) is 17.4. The van der Waals surface area contributed by atoms with Crippen LogP contribution in [0.5, 0.6) is 0 Å². The van der Waals surface area contributed by atoms with Crippen LogP contribution in [-0.4, -0.2) is 40.8 Å². The van der Waals surface area contributed by atoms with E-state index < -0.39 is 5.97 Å². The molecular weight excluding hydrogens is 318 g/mol. The molecule has 2 aliphatic rings. The second kappa shape index (κ2) is 7.81. The number of piperidine rings is 1. The smallest absolute Gasteiger partial charge is 0.303 e. The molecule has 3 rings (SSSR count). The second-order valence-electron chi connectivity index (χ2n) is 7.18. The number of amides is 1. The largest absolute Gasteiger partial charge is 0.481 e. The van der Waals surface area contributed by atoms with Gasteiger partial charge in [-0.15, -0.1) is 0 Å². The first-order valence-electron chi connectivity index (χ1n) is 9.17. The number of aliphatic carboxylic acids is 1. The molecule has 0 atom stereocenters. The highest BCUT2D eigenvalue weighted by Gasteiger charge is 2.24. The standard InChI is InChI=1S/C20H25NO4/c22-18(17-5-4-15-2-1-3-16(15)13-17)6-7-19(23)21-10-8-14(9-11-21)12-20(24)25/h4-5,13-14H,1-3,6-12H2,(H,24,25). The lowest BCUT2D eigenvalue weighted by atomic mass is 9.93. The molecule has 0 spiro atoms. The summed E-state index contributed by atoms with van der Waals surface area (Å²) < 4.78 is 0. The molecule has 5 nitrogen and oxygen atoms in total. The molecule has 1 saturated heterocycles. The van der Waals surface area contributed by atoms with Gasteiger partial charge in [-0.3, -0.25) is 14.4 Å². The van der Waals surface area contributed by atoms with Crippen LogP contribution in [-0.2, 0) is 22.4 Å². The molecule has 0 saturated carbocycles. The summed E-state index contributed by atoms with van der Waals surface area (Å²) >= 11 is 0. The van der Waals surface area contributed by atoms with Gasteiger partial charge >= 0.3 is 5.97 Å². The van der Waals surface area contributed by atoms with Gasteiger partial charge in [0.2, 0.25) is 5.91 Å². The van der Waals surface area contributed by atoms with Crippen LogP contribution in [0.1, 0.15) is 60.0 Å². The lowest BCUT2D eigenvalue weighted by Gasteiger charge is -2.31. The quantitative estimate of drug-likeness (QED) is 0.806. The molecule has 0 unspecified atom stereocenters. The average Bonchev–Trinajstić information content (AvgIpc) is 3.07. The zero-order valence-electron chi connectivity index (χ0n) is 14.5.